The molecule has 0 spiro atoms. The number of benzene rings is 3. The molecule has 1 N–H and O–H groups in total. The first-order valence-electron chi connectivity index (χ1n) is 8.14. The summed E-state index contributed by atoms with van der Waals surface area (Å²) >= 11 is 6.26. The quantitative estimate of drug-likeness (QED) is 0.478. The number of amides is 1. The third kappa shape index (κ3) is 4.32. The molecular weight excluding hydrogens is 346 g/mol. The molecule has 0 radical (unpaired) electrons. The van der Waals surface area contributed by atoms with Gasteiger partial charge in [0.05, 0.1) is 7.11 Å². The summed E-state index contributed by atoms with van der Waals surface area (Å²) in [7, 11) is 1.60. The van der Waals surface area contributed by atoms with E-state index < -0.39 is 0 Å². The van der Waals surface area contributed by atoms with Gasteiger partial charge < -0.3 is 10.1 Å². The molecule has 0 fully saturated rings. The van der Waals surface area contributed by atoms with Crippen LogP contribution in [0.15, 0.2) is 78.9 Å². The molecule has 0 unspecified atom stereocenters. The molecule has 130 valence electrons. The smallest absolute Gasteiger partial charge is 0.256 e. The third-order valence-electron chi connectivity index (χ3n) is 3.88. The van der Waals surface area contributed by atoms with Crippen LogP contribution in [0.25, 0.3) is 11.6 Å². The number of hydrogen-bond donors (Lipinski definition) is 1. The van der Waals surface area contributed by atoms with Crippen LogP contribution in [0.3, 0.4) is 0 Å². The molecule has 4 heteroatoms. The van der Waals surface area contributed by atoms with Crippen molar-refractivity contribution in [3.63, 3.8) is 0 Å². The number of ether oxygens (including phenoxy) is 1. The van der Waals surface area contributed by atoms with Gasteiger partial charge in [0.2, 0.25) is 0 Å². The molecule has 0 heterocycles. The van der Waals surface area contributed by atoms with Gasteiger partial charge in [0.1, 0.15) is 5.75 Å². The minimum absolute atomic E-state index is 0.207. The van der Waals surface area contributed by atoms with E-state index in [9.17, 15) is 4.79 Å². The van der Waals surface area contributed by atoms with E-state index in [0.29, 0.717) is 16.3 Å². The van der Waals surface area contributed by atoms with Crippen LogP contribution in [0.5, 0.6) is 5.75 Å². The minimum atomic E-state index is -0.207. The molecule has 0 saturated heterocycles. The molecule has 3 aromatic carbocycles. The van der Waals surface area contributed by atoms with Crippen LogP contribution in [-0.2, 0) is 4.79 Å². The fourth-order valence-corrected chi connectivity index (χ4v) is 2.71. The topological polar surface area (TPSA) is 38.3 Å². The van der Waals surface area contributed by atoms with E-state index in [-0.39, 0.29) is 5.91 Å². The van der Waals surface area contributed by atoms with Crippen LogP contribution in [0.2, 0.25) is 5.02 Å². The standard InChI is InChI=1S/C22H18ClNO2/c1-26-19-13-11-18(12-14-19)24-22(25)20(16-7-3-2-4-8-16)15-17-9-5-6-10-21(17)23/h2-15H,1H3,(H,24,25)/b20-15+. The largest absolute Gasteiger partial charge is 0.497 e. The Morgan fingerprint density at radius 2 is 1.58 bits per heavy atom. The number of rotatable bonds is 5. The van der Waals surface area contributed by atoms with E-state index >= 15 is 0 Å². The number of carbonyl (C=O) groups excluding carboxylic acids is 1. The summed E-state index contributed by atoms with van der Waals surface area (Å²) < 4.78 is 5.14. The Labute approximate surface area is 157 Å². The van der Waals surface area contributed by atoms with Gasteiger partial charge >= 0.3 is 0 Å². The van der Waals surface area contributed by atoms with Gasteiger partial charge in [0.15, 0.2) is 0 Å². The summed E-state index contributed by atoms with van der Waals surface area (Å²) in [6.07, 6.45) is 1.80. The van der Waals surface area contributed by atoms with Crippen LogP contribution in [0, 0.1) is 0 Å². The summed E-state index contributed by atoms with van der Waals surface area (Å²) in [6.45, 7) is 0. The van der Waals surface area contributed by atoms with Crippen molar-refractivity contribution in [2.24, 2.45) is 0 Å². The summed E-state index contributed by atoms with van der Waals surface area (Å²) in [4.78, 5) is 12.9. The highest BCUT2D eigenvalue weighted by molar-refractivity contribution is 6.34. The summed E-state index contributed by atoms with van der Waals surface area (Å²) in [5, 5.41) is 3.52. The number of nitrogens with one attached hydrogen (secondary N) is 1. The molecular formula is C22H18ClNO2. The van der Waals surface area contributed by atoms with Crippen LogP contribution in [-0.4, -0.2) is 13.0 Å². The van der Waals surface area contributed by atoms with Crippen molar-refractivity contribution in [1.82, 2.24) is 0 Å². The molecule has 3 aromatic rings. The molecule has 0 aliphatic rings. The molecule has 3 nitrogen and oxygen atoms in total. The molecule has 0 atom stereocenters. The van der Waals surface area contributed by atoms with Gasteiger partial charge in [-0.3, -0.25) is 4.79 Å². The molecule has 26 heavy (non-hydrogen) atoms. The lowest BCUT2D eigenvalue weighted by molar-refractivity contribution is -0.111. The molecule has 0 aliphatic heterocycles. The second kappa shape index (κ2) is 8.37. The average Bonchev–Trinajstić information content (AvgIpc) is 2.68. The second-order valence-electron chi connectivity index (χ2n) is 5.63. The van der Waals surface area contributed by atoms with Crippen LogP contribution in [0.4, 0.5) is 5.69 Å². The van der Waals surface area contributed by atoms with Crippen molar-refractivity contribution in [3.05, 3.63) is 95.0 Å². The van der Waals surface area contributed by atoms with Crippen molar-refractivity contribution < 1.29 is 9.53 Å². The van der Waals surface area contributed by atoms with Crippen molar-refractivity contribution in [1.29, 1.82) is 0 Å². The van der Waals surface area contributed by atoms with Crippen LogP contribution < -0.4 is 10.1 Å². The number of halogens is 1. The number of anilines is 1. The Morgan fingerprint density at radius 3 is 2.23 bits per heavy atom. The Kier molecular flexibility index (Phi) is 5.72. The first-order valence-corrected chi connectivity index (χ1v) is 8.52. The van der Waals surface area contributed by atoms with Crippen molar-refractivity contribution >= 4 is 34.8 Å². The van der Waals surface area contributed by atoms with E-state index in [1.165, 1.54) is 0 Å². The third-order valence-corrected chi connectivity index (χ3v) is 4.23. The highest BCUT2D eigenvalue weighted by Gasteiger charge is 2.13. The average molecular weight is 364 g/mol. The lowest BCUT2D eigenvalue weighted by Gasteiger charge is -2.11. The lowest BCUT2D eigenvalue weighted by atomic mass is 10.0. The Bertz CT molecular complexity index is 918. The van der Waals surface area contributed by atoms with Crippen molar-refractivity contribution in [2.75, 3.05) is 12.4 Å². The van der Waals surface area contributed by atoms with Crippen molar-refractivity contribution in [2.45, 2.75) is 0 Å². The SMILES string of the molecule is COc1ccc(NC(=O)/C(=C/c2ccccc2Cl)c2ccccc2)cc1. The van der Waals surface area contributed by atoms with E-state index in [2.05, 4.69) is 5.32 Å². The first-order chi connectivity index (χ1) is 12.7. The van der Waals surface area contributed by atoms with E-state index in [1.54, 1.807) is 43.5 Å². The highest BCUT2D eigenvalue weighted by Crippen LogP contribution is 2.25. The molecule has 0 bridgehead atoms. The summed E-state index contributed by atoms with van der Waals surface area (Å²) in [5.74, 6) is 0.527. The maximum atomic E-state index is 12.9. The van der Waals surface area contributed by atoms with Gasteiger partial charge in [-0.15, -0.1) is 0 Å². The highest BCUT2D eigenvalue weighted by atomic mass is 35.5. The number of hydrogen-bond acceptors (Lipinski definition) is 2. The van der Waals surface area contributed by atoms with Gasteiger partial charge in [-0.25, -0.2) is 0 Å². The van der Waals surface area contributed by atoms with Gasteiger partial charge in [0, 0.05) is 16.3 Å². The van der Waals surface area contributed by atoms with Crippen molar-refractivity contribution in [3.8, 4) is 5.75 Å². The van der Waals surface area contributed by atoms with E-state index in [0.717, 1.165) is 16.9 Å². The fourth-order valence-electron chi connectivity index (χ4n) is 2.52. The maximum Gasteiger partial charge on any atom is 0.256 e. The van der Waals surface area contributed by atoms with E-state index in [1.807, 2.05) is 48.5 Å². The van der Waals surface area contributed by atoms with E-state index in [4.69, 9.17) is 16.3 Å². The maximum absolute atomic E-state index is 12.9. The van der Waals surface area contributed by atoms with Gasteiger partial charge in [-0.05, 0) is 47.5 Å². The Morgan fingerprint density at radius 1 is 0.923 bits per heavy atom. The molecule has 0 saturated carbocycles. The Balaban J connectivity index is 1.95. The van der Waals surface area contributed by atoms with Gasteiger partial charge in [-0.2, -0.15) is 0 Å². The normalized spacial score (nSPS) is 11.1. The predicted octanol–water partition coefficient (Wildman–Crippen LogP) is 5.53. The summed E-state index contributed by atoms with van der Waals surface area (Å²) in [5.41, 5.74) is 2.84. The zero-order chi connectivity index (χ0) is 18.4. The number of methoxy groups -OCH3 is 1. The van der Waals surface area contributed by atoms with Gasteiger partial charge in [0.25, 0.3) is 5.91 Å². The fraction of sp³-hybridized carbons (Fsp3) is 0.0455. The van der Waals surface area contributed by atoms with Gasteiger partial charge in [-0.1, -0.05) is 60.1 Å². The first kappa shape index (κ1) is 17.8. The number of carbonyl (C=O) groups is 1. The Hall–Kier alpha value is -3.04. The molecule has 0 aliphatic carbocycles. The minimum Gasteiger partial charge on any atom is -0.497 e. The summed E-state index contributed by atoms with van der Waals surface area (Å²) in [6, 6.07) is 24.1. The van der Waals surface area contributed by atoms with Crippen LogP contribution >= 0.6 is 11.6 Å². The molecule has 0 aromatic heterocycles. The molecule has 3 rings (SSSR count). The monoisotopic (exact) mass is 363 g/mol. The zero-order valence-electron chi connectivity index (χ0n) is 14.3. The molecule has 1 amide bonds. The predicted molar refractivity (Wildman–Crippen MR) is 107 cm³/mol. The second-order valence-corrected chi connectivity index (χ2v) is 6.04. The van der Waals surface area contributed by atoms with Crippen LogP contribution in [0.1, 0.15) is 11.1 Å². The zero-order valence-corrected chi connectivity index (χ0v) is 15.0. The lowest BCUT2D eigenvalue weighted by Crippen LogP contribution is -2.13.